The third-order valence-electron chi connectivity index (χ3n) is 1.78. The fourth-order valence-electron chi connectivity index (χ4n) is 0.690. The lowest BCUT2D eigenvalue weighted by atomic mass is 9.83. The zero-order valence-corrected chi connectivity index (χ0v) is 7.84. The summed E-state index contributed by atoms with van der Waals surface area (Å²) in [7, 11) is 0. The number of nitrogens with one attached hydrogen (secondary N) is 1. The van der Waals surface area contributed by atoms with E-state index in [0.29, 0.717) is 13.1 Å². The van der Waals surface area contributed by atoms with Crippen LogP contribution in [0.1, 0.15) is 0 Å². The Morgan fingerprint density at radius 2 is 1.69 bits per heavy atom. The Kier molecular flexibility index (Phi) is 4.32. The molecule has 0 amide bonds. The van der Waals surface area contributed by atoms with Crippen molar-refractivity contribution in [3.63, 3.8) is 0 Å². The summed E-state index contributed by atoms with van der Waals surface area (Å²) in [5, 5.41) is 18.4. The quantitative estimate of drug-likeness (QED) is 0.557. The van der Waals surface area contributed by atoms with Crippen LogP contribution in [0, 0.1) is 17.8 Å². The molecule has 90 valence electrons. The molecule has 0 unspecified atom stereocenters. The predicted octanol–water partition coefficient (Wildman–Crippen LogP) is -0.0729. The number of carbonyl (C=O) groups is 2. The zero-order valence-electron chi connectivity index (χ0n) is 7.84. The lowest BCUT2D eigenvalue weighted by Gasteiger charge is -2.33. The van der Waals surface area contributed by atoms with Crippen LogP contribution in [0.15, 0.2) is 0 Å². The zero-order chi connectivity index (χ0) is 13.0. The molecule has 0 radical (unpaired) electrons. The van der Waals surface area contributed by atoms with Crippen LogP contribution in [0.3, 0.4) is 0 Å². The standard InChI is InChI=1S/C6H7NO2.C2HF3O2/c1-2-6(5(8)9)3-7-4-6;3-2(4,5)1(6)7/h1,7H,3-4H2,(H,8,9);(H,6,7). The van der Waals surface area contributed by atoms with Gasteiger partial charge in [-0.25, -0.2) is 4.79 Å². The number of halogens is 3. The van der Waals surface area contributed by atoms with Crippen molar-refractivity contribution in [2.75, 3.05) is 13.1 Å². The van der Waals surface area contributed by atoms with E-state index in [0.717, 1.165) is 0 Å². The highest BCUT2D eigenvalue weighted by Crippen LogP contribution is 2.20. The van der Waals surface area contributed by atoms with Gasteiger partial charge in [0.25, 0.3) is 0 Å². The minimum absolute atomic E-state index is 0.402. The molecule has 0 atom stereocenters. The van der Waals surface area contributed by atoms with Gasteiger partial charge in [-0.05, 0) is 0 Å². The van der Waals surface area contributed by atoms with Crippen LogP contribution in [0.4, 0.5) is 13.2 Å². The van der Waals surface area contributed by atoms with Crippen LogP contribution in [-0.4, -0.2) is 41.4 Å². The Hall–Kier alpha value is -1.75. The molecule has 1 aliphatic heterocycles. The number of carboxylic acid groups (broad SMARTS) is 2. The molecule has 5 nitrogen and oxygen atoms in total. The Balaban J connectivity index is 0.000000293. The normalized spacial score (nSPS) is 17.1. The van der Waals surface area contributed by atoms with Crippen molar-refractivity contribution in [1.29, 1.82) is 0 Å². The first kappa shape index (κ1) is 14.2. The van der Waals surface area contributed by atoms with Gasteiger partial charge in [0.15, 0.2) is 5.41 Å². The topological polar surface area (TPSA) is 86.6 Å². The van der Waals surface area contributed by atoms with Crippen molar-refractivity contribution in [1.82, 2.24) is 5.32 Å². The Labute approximate surface area is 88.3 Å². The number of alkyl halides is 3. The molecule has 0 saturated carbocycles. The summed E-state index contributed by atoms with van der Waals surface area (Å²) < 4.78 is 31.7. The second-order valence-corrected chi connectivity index (χ2v) is 2.94. The summed E-state index contributed by atoms with van der Waals surface area (Å²) in [4.78, 5) is 19.2. The van der Waals surface area contributed by atoms with Gasteiger partial charge in [-0.3, -0.25) is 4.79 Å². The number of terminal acetylenes is 1. The molecule has 1 fully saturated rings. The number of hydrogen-bond acceptors (Lipinski definition) is 3. The van der Waals surface area contributed by atoms with Gasteiger partial charge < -0.3 is 15.5 Å². The lowest BCUT2D eigenvalue weighted by Crippen LogP contribution is -2.57. The molecule has 3 N–H and O–H groups in total. The maximum absolute atomic E-state index is 10.6. The van der Waals surface area contributed by atoms with Gasteiger partial charge in [-0.15, -0.1) is 6.42 Å². The summed E-state index contributed by atoms with van der Waals surface area (Å²) in [6.45, 7) is 0.803. The van der Waals surface area contributed by atoms with E-state index in [1.165, 1.54) is 0 Å². The Morgan fingerprint density at radius 3 is 1.69 bits per heavy atom. The summed E-state index contributed by atoms with van der Waals surface area (Å²) in [5.74, 6) is -1.40. The first-order valence-electron chi connectivity index (χ1n) is 3.88. The highest BCUT2D eigenvalue weighted by molar-refractivity contribution is 5.80. The van der Waals surface area contributed by atoms with E-state index in [4.69, 9.17) is 21.4 Å². The van der Waals surface area contributed by atoms with E-state index in [1.54, 1.807) is 0 Å². The minimum Gasteiger partial charge on any atom is -0.480 e. The Bertz CT molecular complexity index is 327. The van der Waals surface area contributed by atoms with E-state index >= 15 is 0 Å². The first-order chi connectivity index (χ1) is 7.15. The SMILES string of the molecule is C#CC1(C(=O)O)CNC1.O=C(O)C(F)(F)F. The minimum atomic E-state index is -5.08. The molecule has 0 bridgehead atoms. The average Bonchev–Trinajstić information content (AvgIpc) is 2.01. The maximum atomic E-state index is 10.6. The molecule has 1 rings (SSSR count). The number of rotatable bonds is 1. The van der Waals surface area contributed by atoms with Crippen molar-refractivity contribution < 1.29 is 33.0 Å². The van der Waals surface area contributed by atoms with Gasteiger partial charge in [0.2, 0.25) is 0 Å². The van der Waals surface area contributed by atoms with Crippen LogP contribution in [0.25, 0.3) is 0 Å². The van der Waals surface area contributed by atoms with Crippen LogP contribution < -0.4 is 5.32 Å². The van der Waals surface area contributed by atoms with Gasteiger partial charge in [-0.1, -0.05) is 5.92 Å². The van der Waals surface area contributed by atoms with Crippen LogP contribution in [0.5, 0.6) is 0 Å². The van der Waals surface area contributed by atoms with Crippen molar-refractivity contribution in [3.05, 3.63) is 0 Å². The molecular weight excluding hydrogens is 231 g/mol. The predicted molar refractivity (Wildman–Crippen MR) is 45.5 cm³/mol. The highest BCUT2D eigenvalue weighted by Gasteiger charge is 2.42. The monoisotopic (exact) mass is 239 g/mol. The maximum Gasteiger partial charge on any atom is 0.490 e. The molecule has 0 spiro atoms. The summed E-state index contributed by atoms with van der Waals surface area (Å²) in [5.41, 5.74) is -0.903. The highest BCUT2D eigenvalue weighted by atomic mass is 19.4. The molecule has 16 heavy (non-hydrogen) atoms. The van der Waals surface area contributed by atoms with Crippen molar-refractivity contribution in [2.45, 2.75) is 6.18 Å². The first-order valence-corrected chi connectivity index (χ1v) is 3.88. The molecule has 0 aromatic rings. The third-order valence-corrected chi connectivity index (χ3v) is 1.78. The smallest absolute Gasteiger partial charge is 0.480 e. The fraction of sp³-hybridized carbons (Fsp3) is 0.500. The van der Waals surface area contributed by atoms with Crippen molar-refractivity contribution in [3.8, 4) is 12.3 Å². The summed E-state index contributed by atoms with van der Waals surface area (Å²) in [6, 6.07) is 0. The van der Waals surface area contributed by atoms with Gasteiger partial charge >= 0.3 is 18.1 Å². The molecule has 0 aromatic carbocycles. The number of aliphatic carboxylic acids is 2. The van der Waals surface area contributed by atoms with E-state index in [9.17, 15) is 18.0 Å². The molecule has 1 aliphatic rings. The fourth-order valence-corrected chi connectivity index (χ4v) is 0.690. The van der Waals surface area contributed by atoms with Crippen LogP contribution in [-0.2, 0) is 9.59 Å². The average molecular weight is 239 g/mol. The molecule has 8 heteroatoms. The Morgan fingerprint density at radius 1 is 1.31 bits per heavy atom. The molecule has 0 aliphatic carbocycles. The molecular formula is C8H8F3NO4. The van der Waals surface area contributed by atoms with Gasteiger partial charge in [0.05, 0.1) is 0 Å². The largest absolute Gasteiger partial charge is 0.490 e. The van der Waals surface area contributed by atoms with E-state index in [1.807, 2.05) is 0 Å². The molecule has 0 aromatic heterocycles. The second-order valence-electron chi connectivity index (χ2n) is 2.94. The molecule has 1 saturated heterocycles. The van der Waals surface area contributed by atoms with Crippen molar-refractivity contribution >= 4 is 11.9 Å². The lowest BCUT2D eigenvalue weighted by molar-refractivity contribution is -0.192. The number of carboxylic acids is 2. The van der Waals surface area contributed by atoms with Gasteiger partial charge in [0, 0.05) is 13.1 Å². The summed E-state index contributed by atoms with van der Waals surface area (Å²) >= 11 is 0. The van der Waals surface area contributed by atoms with Crippen molar-refractivity contribution in [2.24, 2.45) is 5.41 Å². The van der Waals surface area contributed by atoms with E-state index in [-0.39, 0.29) is 0 Å². The van der Waals surface area contributed by atoms with Gasteiger partial charge in [0.1, 0.15) is 0 Å². The van der Waals surface area contributed by atoms with Gasteiger partial charge in [-0.2, -0.15) is 13.2 Å². The van der Waals surface area contributed by atoms with Crippen LogP contribution >= 0.6 is 0 Å². The summed E-state index contributed by atoms with van der Waals surface area (Å²) in [6.07, 6.45) is -0.0844. The number of hydrogen-bond donors (Lipinski definition) is 3. The molecule has 1 heterocycles. The second kappa shape index (κ2) is 4.85. The third kappa shape index (κ3) is 3.43. The van der Waals surface area contributed by atoms with E-state index < -0.39 is 23.5 Å². The van der Waals surface area contributed by atoms with Crippen LogP contribution in [0.2, 0.25) is 0 Å². The van der Waals surface area contributed by atoms with E-state index in [2.05, 4.69) is 11.2 Å².